The first-order chi connectivity index (χ1) is 14.2. The number of para-hydroxylation sites is 1. The van der Waals surface area contributed by atoms with Gasteiger partial charge in [-0.2, -0.15) is 0 Å². The third-order valence-corrected chi connectivity index (χ3v) is 6.40. The van der Waals surface area contributed by atoms with E-state index in [0.717, 1.165) is 49.4 Å². The van der Waals surface area contributed by atoms with Crippen LogP contribution >= 0.6 is 35.6 Å². The highest BCUT2D eigenvalue weighted by Crippen LogP contribution is 2.25. The van der Waals surface area contributed by atoms with Crippen molar-refractivity contribution in [2.24, 2.45) is 4.99 Å². The molecular weight excluding hydrogens is 511 g/mol. The van der Waals surface area contributed by atoms with Crippen molar-refractivity contribution >= 4 is 47.2 Å². The van der Waals surface area contributed by atoms with Crippen molar-refractivity contribution in [3.63, 3.8) is 0 Å². The van der Waals surface area contributed by atoms with Crippen LogP contribution in [0.5, 0.6) is 0 Å². The molecule has 2 aliphatic heterocycles. The average molecular weight is 549 g/mol. The van der Waals surface area contributed by atoms with Gasteiger partial charge in [0.15, 0.2) is 5.96 Å². The second-order valence-corrected chi connectivity index (χ2v) is 8.29. The molecule has 0 bridgehead atoms. The van der Waals surface area contributed by atoms with Gasteiger partial charge in [0.2, 0.25) is 0 Å². The fourth-order valence-electron chi connectivity index (χ4n) is 4.19. The molecule has 0 unspecified atom stereocenters. The third-order valence-electron chi connectivity index (χ3n) is 6.08. The van der Waals surface area contributed by atoms with Crippen LogP contribution in [0.1, 0.15) is 19.8 Å². The van der Waals surface area contributed by atoms with Gasteiger partial charge in [0.25, 0.3) is 0 Å². The van der Waals surface area contributed by atoms with Crippen molar-refractivity contribution in [1.29, 1.82) is 0 Å². The minimum atomic E-state index is 0. The van der Waals surface area contributed by atoms with Crippen LogP contribution in [0.4, 0.5) is 5.69 Å². The molecule has 0 aliphatic carbocycles. The van der Waals surface area contributed by atoms with E-state index < -0.39 is 0 Å². The summed E-state index contributed by atoms with van der Waals surface area (Å²) in [6.07, 6.45) is 2.43. The lowest BCUT2D eigenvalue weighted by molar-refractivity contribution is 0.136. The fourth-order valence-corrected chi connectivity index (χ4v) is 4.44. The number of likely N-dealkylation sites (N-methyl/N-ethyl adjacent to an activating group) is 1. The van der Waals surface area contributed by atoms with Crippen LogP contribution in [-0.2, 0) is 0 Å². The Morgan fingerprint density at radius 3 is 2.27 bits per heavy atom. The predicted molar refractivity (Wildman–Crippen MR) is 140 cm³/mol. The number of rotatable bonds is 7. The van der Waals surface area contributed by atoms with E-state index in [2.05, 4.69) is 49.0 Å². The van der Waals surface area contributed by atoms with Crippen molar-refractivity contribution < 1.29 is 0 Å². The van der Waals surface area contributed by atoms with Crippen LogP contribution < -0.4 is 10.2 Å². The van der Waals surface area contributed by atoms with E-state index in [0.29, 0.717) is 0 Å². The number of benzene rings is 1. The highest BCUT2D eigenvalue weighted by Gasteiger charge is 2.21. The van der Waals surface area contributed by atoms with E-state index in [-0.39, 0.29) is 24.0 Å². The molecule has 0 aromatic heterocycles. The van der Waals surface area contributed by atoms with Gasteiger partial charge in [-0.3, -0.25) is 4.99 Å². The van der Waals surface area contributed by atoms with Crippen molar-refractivity contribution in [3.8, 4) is 0 Å². The van der Waals surface area contributed by atoms with Gasteiger partial charge in [0.05, 0.1) is 10.7 Å². The number of piperazine rings is 2. The molecule has 2 heterocycles. The van der Waals surface area contributed by atoms with Crippen molar-refractivity contribution in [1.82, 2.24) is 20.0 Å². The van der Waals surface area contributed by atoms with E-state index in [4.69, 9.17) is 11.6 Å². The summed E-state index contributed by atoms with van der Waals surface area (Å²) in [7, 11) is 1.88. The zero-order chi connectivity index (χ0) is 20.5. The van der Waals surface area contributed by atoms with Gasteiger partial charge in [-0.25, -0.2) is 0 Å². The van der Waals surface area contributed by atoms with Crippen LogP contribution in [0, 0.1) is 0 Å². The molecule has 1 N–H and O–H groups in total. The van der Waals surface area contributed by atoms with E-state index in [1.165, 1.54) is 52.1 Å². The predicted octanol–water partition coefficient (Wildman–Crippen LogP) is 3.07. The molecule has 8 heteroatoms. The lowest BCUT2D eigenvalue weighted by atomic mass is 10.2. The first-order valence-electron chi connectivity index (χ1n) is 11.1. The van der Waals surface area contributed by atoms with Crippen LogP contribution in [0.3, 0.4) is 0 Å². The first kappa shape index (κ1) is 25.5. The molecular formula is C22H38ClIN6. The Morgan fingerprint density at radius 1 is 0.967 bits per heavy atom. The summed E-state index contributed by atoms with van der Waals surface area (Å²) in [5.74, 6) is 1.03. The van der Waals surface area contributed by atoms with E-state index >= 15 is 0 Å². The Hall–Kier alpha value is -0.770. The van der Waals surface area contributed by atoms with Gasteiger partial charge in [-0.1, -0.05) is 30.7 Å². The summed E-state index contributed by atoms with van der Waals surface area (Å²) in [4.78, 5) is 14.4. The van der Waals surface area contributed by atoms with Crippen molar-refractivity contribution in [2.45, 2.75) is 19.8 Å². The molecule has 0 amide bonds. The molecule has 3 rings (SSSR count). The molecule has 0 atom stereocenters. The van der Waals surface area contributed by atoms with Gasteiger partial charge in [-0.15, -0.1) is 24.0 Å². The molecule has 6 nitrogen and oxygen atoms in total. The summed E-state index contributed by atoms with van der Waals surface area (Å²) in [6, 6.07) is 8.11. The molecule has 2 fully saturated rings. The zero-order valence-electron chi connectivity index (χ0n) is 18.5. The van der Waals surface area contributed by atoms with Crippen LogP contribution in [-0.4, -0.2) is 99.7 Å². The highest BCUT2D eigenvalue weighted by molar-refractivity contribution is 14.0. The van der Waals surface area contributed by atoms with Gasteiger partial charge in [0.1, 0.15) is 0 Å². The zero-order valence-corrected chi connectivity index (χ0v) is 21.6. The number of nitrogens with one attached hydrogen (secondary N) is 1. The lowest BCUT2D eigenvalue weighted by Crippen LogP contribution is -2.52. The Morgan fingerprint density at radius 2 is 1.63 bits per heavy atom. The Bertz CT molecular complexity index is 642. The van der Waals surface area contributed by atoms with Gasteiger partial charge < -0.3 is 24.9 Å². The second-order valence-electron chi connectivity index (χ2n) is 7.88. The fraction of sp³-hybridized carbons (Fsp3) is 0.682. The van der Waals surface area contributed by atoms with E-state index in [9.17, 15) is 0 Å². The highest BCUT2D eigenvalue weighted by atomic mass is 127. The van der Waals surface area contributed by atoms with Crippen LogP contribution in [0.2, 0.25) is 5.02 Å². The number of nitrogens with zero attached hydrogens (tertiary/aromatic N) is 5. The number of hydrogen-bond donors (Lipinski definition) is 1. The van der Waals surface area contributed by atoms with E-state index in [1.54, 1.807) is 0 Å². The summed E-state index contributed by atoms with van der Waals surface area (Å²) in [6.45, 7) is 14.4. The largest absolute Gasteiger partial charge is 0.367 e. The molecule has 0 saturated carbocycles. The topological polar surface area (TPSA) is 37.4 Å². The van der Waals surface area contributed by atoms with E-state index in [1.807, 2.05) is 19.2 Å². The normalized spacial score (nSPS) is 19.0. The lowest BCUT2D eigenvalue weighted by Gasteiger charge is -2.38. The smallest absolute Gasteiger partial charge is 0.193 e. The maximum absolute atomic E-state index is 6.36. The third kappa shape index (κ3) is 7.43. The molecule has 170 valence electrons. The molecule has 1 aromatic rings. The number of anilines is 1. The Kier molecular flexibility index (Phi) is 11.6. The SMILES string of the molecule is CCN1CCN(CCCCNC(=NC)N2CCN(c3ccccc3Cl)CC2)CC1.I. The van der Waals surface area contributed by atoms with Gasteiger partial charge >= 0.3 is 0 Å². The Labute approximate surface area is 204 Å². The summed E-state index contributed by atoms with van der Waals surface area (Å²) in [5, 5.41) is 4.40. The van der Waals surface area contributed by atoms with Crippen LogP contribution in [0.25, 0.3) is 0 Å². The molecule has 0 radical (unpaired) electrons. The molecule has 0 spiro atoms. The minimum Gasteiger partial charge on any atom is -0.367 e. The second kappa shape index (κ2) is 13.6. The number of guanidine groups is 1. The summed E-state index contributed by atoms with van der Waals surface area (Å²) in [5.41, 5.74) is 1.14. The van der Waals surface area contributed by atoms with Gasteiger partial charge in [0, 0.05) is 66.0 Å². The minimum absolute atomic E-state index is 0. The quantitative estimate of drug-likeness (QED) is 0.245. The number of unbranched alkanes of at least 4 members (excludes halogenated alkanes) is 1. The Balaban J connectivity index is 0.00000320. The summed E-state index contributed by atoms with van der Waals surface area (Å²) >= 11 is 6.36. The van der Waals surface area contributed by atoms with Crippen LogP contribution in [0.15, 0.2) is 29.3 Å². The number of aliphatic imine (C=N–C) groups is 1. The van der Waals surface area contributed by atoms with Crippen molar-refractivity contribution in [2.75, 3.05) is 83.9 Å². The summed E-state index contributed by atoms with van der Waals surface area (Å²) < 4.78 is 0. The molecule has 30 heavy (non-hydrogen) atoms. The molecule has 2 saturated heterocycles. The number of hydrogen-bond acceptors (Lipinski definition) is 4. The molecule has 2 aliphatic rings. The average Bonchev–Trinajstić information content (AvgIpc) is 2.77. The standard InChI is InChI=1S/C22H37ClN6.HI/c1-3-26-12-14-27(15-13-26)11-7-6-10-25-22(24-2)29-18-16-28(17-19-29)21-9-5-4-8-20(21)23;/h4-5,8-9H,3,6-7,10-19H2,1-2H3,(H,24,25);1H. The van der Waals surface area contributed by atoms with Gasteiger partial charge in [-0.05, 0) is 38.1 Å². The monoisotopic (exact) mass is 548 g/mol. The maximum atomic E-state index is 6.36. The first-order valence-corrected chi connectivity index (χ1v) is 11.5. The number of halogens is 2. The maximum Gasteiger partial charge on any atom is 0.193 e. The van der Waals surface area contributed by atoms with Crippen molar-refractivity contribution in [3.05, 3.63) is 29.3 Å². The molecule has 1 aromatic carbocycles.